The highest BCUT2D eigenvalue weighted by Crippen LogP contribution is 2.37. The number of morpholine rings is 1. The molecule has 4 fully saturated rings. The van der Waals surface area contributed by atoms with Crippen LogP contribution in [0, 0.1) is 6.92 Å². The summed E-state index contributed by atoms with van der Waals surface area (Å²) in [5, 5.41) is 6.59. The number of nitrogens with zero attached hydrogens (tertiary/aromatic N) is 6. The Morgan fingerprint density at radius 2 is 1.86 bits per heavy atom. The summed E-state index contributed by atoms with van der Waals surface area (Å²) in [7, 11) is 0. The number of aromatic nitrogens is 4. The standard InChI is InChI=1S/C26H31ClN6O2/c1-16-29-25(32-13-21-9-20(32)15-35-21)11-26(30-16)33-24-10-22(23(27)8-18(24)12-28-33)17-2-5-31(6-3-17)19-4-7-34-14-19/h8,10-12,17,19-21H,2-7,9,13-15H2,1H3/t19?,20-,21-/m0/s1. The minimum atomic E-state index is 0.321. The molecule has 3 atom stereocenters. The Labute approximate surface area is 210 Å². The van der Waals surface area contributed by atoms with Crippen molar-refractivity contribution >= 4 is 28.3 Å². The van der Waals surface area contributed by atoms with E-state index in [0.717, 1.165) is 98.5 Å². The molecule has 184 valence electrons. The number of piperidine rings is 1. The average molecular weight is 495 g/mol. The van der Waals surface area contributed by atoms with Gasteiger partial charge in [0.05, 0.1) is 37.1 Å². The molecule has 9 heteroatoms. The first-order valence-electron chi connectivity index (χ1n) is 12.9. The fourth-order valence-corrected chi connectivity index (χ4v) is 6.74. The first kappa shape index (κ1) is 22.0. The third-order valence-electron chi connectivity index (χ3n) is 8.30. The van der Waals surface area contributed by atoms with Crippen molar-refractivity contribution in [2.75, 3.05) is 44.4 Å². The van der Waals surface area contributed by atoms with E-state index in [4.69, 9.17) is 36.1 Å². The first-order valence-corrected chi connectivity index (χ1v) is 13.2. The third kappa shape index (κ3) is 3.91. The van der Waals surface area contributed by atoms with Crippen LogP contribution in [0.5, 0.6) is 0 Å². The van der Waals surface area contributed by atoms with Crippen molar-refractivity contribution in [1.82, 2.24) is 24.6 Å². The third-order valence-corrected chi connectivity index (χ3v) is 8.63. The van der Waals surface area contributed by atoms with Gasteiger partial charge in [-0.05, 0) is 69.3 Å². The highest BCUT2D eigenvalue weighted by atomic mass is 35.5. The maximum absolute atomic E-state index is 6.81. The zero-order chi connectivity index (χ0) is 23.5. The topological polar surface area (TPSA) is 68.5 Å². The quantitative estimate of drug-likeness (QED) is 0.547. The van der Waals surface area contributed by atoms with Gasteiger partial charge < -0.3 is 14.4 Å². The van der Waals surface area contributed by atoms with Crippen LogP contribution in [0.3, 0.4) is 0 Å². The van der Waals surface area contributed by atoms with Crippen LogP contribution in [-0.2, 0) is 9.47 Å². The van der Waals surface area contributed by atoms with Crippen LogP contribution in [0.4, 0.5) is 5.82 Å². The van der Waals surface area contributed by atoms with Crippen molar-refractivity contribution in [1.29, 1.82) is 0 Å². The largest absolute Gasteiger partial charge is 0.380 e. The highest BCUT2D eigenvalue weighted by molar-refractivity contribution is 6.32. The summed E-state index contributed by atoms with van der Waals surface area (Å²) in [4.78, 5) is 14.5. The van der Waals surface area contributed by atoms with Crippen LogP contribution in [0.15, 0.2) is 24.4 Å². The summed E-state index contributed by atoms with van der Waals surface area (Å²) in [5.74, 6) is 2.97. The summed E-state index contributed by atoms with van der Waals surface area (Å²) < 4.78 is 13.3. The maximum atomic E-state index is 6.81. The van der Waals surface area contributed by atoms with Crippen molar-refractivity contribution in [3.05, 3.63) is 40.8 Å². The van der Waals surface area contributed by atoms with Crippen LogP contribution in [0.2, 0.25) is 5.02 Å². The summed E-state index contributed by atoms with van der Waals surface area (Å²) in [6, 6.07) is 7.37. The Balaban J connectivity index is 1.19. The van der Waals surface area contributed by atoms with Gasteiger partial charge in [-0.25, -0.2) is 14.6 Å². The molecule has 3 aromatic rings. The Bertz CT molecular complexity index is 1250. The highest BCUT2D eigenvalue weighted by Gasteiger charge is 2.40. The van der Waals surface area contributed by atoms with Gasteiger partial charge in [-0.1, -0.05) is 11.6 Å². The van der Waals surface area contributed by atoms with Gasteiger partial charge in [0.1, 0.15) is 11.6 Å². The lowest BCUT2D eigenvalue weighted by Gasteiger charge is -2.35. The molecule has 0 amide bonds. The van der Waals surface area contributed by atoms with Gasteiger partial charge in [0.2, 0.25) is 0 Å². The summed E-state index contributed by atoms with van der Waals surface area (Å²) in [6.07, 6.45) is 6.68. The number of halogens is 1. The lowest BCUT2D eigenvalue weighted by atomic mass is 9.88. The maximum Gasteiger partial charge on any atom is 0.159 e. The van der Waals surface area contributed by atoms with Crippen molar-refractivity contribution in [3.8, 4) is 5.82 Å². The van der Waals surface area contributed by atoms with Crippen LogP contribution < -0.4 is 4.90 Å². The number of rotatable bonds is 4. The molecule has 8 nitrogen and oxygen atoms in total. The number of hydrogen-bond acceptors (Lipinski definition) is 7. The molecule has 0 aliphatic carbocycles. The van der Waals surface area contributed by atoms with Crippen LogP contribution in [-0.4, -0.2) is 82.3 Å². The second-order valence-electron chi connectivity index (χ2n) is 10.4. The normalized spacial score (nSPS) is 27.5. The van der Waals surface area contributed by atoms with E-state index in [1.165, 1.54) is 5.56 Å². The molecule has 2 aromatic heterocycles. The second kappa shape index (κ2) is 8.69. The Hall–Kier alpha value is -2.26. The van der Waals surface area contributed by atoms with E-state index in [-0.39, 0.29) is 0 Å². The molecular formula is C26H31ClN6O2. The van der Waals surface area contributed by atoms with Gasteiger partial charge in [0.25, 0.3) is 0 Å². The van der Waals surface area contributed by atoms with Gasteiger partial charge in [-0.15, -0.1) is 0 Å². The van der Waals surface area contributed by atoms with E-state index >= 15 is 0 Å². The number of hydrogen-bond donors (Lipinski definition) is 0. The van der Waals surface area contributed by atoms with Crippen molar-refractivity contribution in [2.45, 2.75) is 56.7 Å². The molecule has 4 aliphatic heterocycles. The molecule has 7 rings (SSSR count). The molecule has 1 aromatic carbocycles. The second-order valence-corrected chi connectivity index (χ2v) is 10.9. The van der Waals surface area contributed by atoms with Crippen molar-refractivity contribution < 1.29 is 9.47 Å². The van der Waals surface area contributed by atoms with E-state index in [0.29, 0.717) is 24.1 Å². The predicted octanol–water partition coefficient (Wildman–Crippen LogP) is 3.72. The number of aryl methyl sites for hydroxylation is 1. The predicted molar refractivity (Wildman–Crippen MR) is 135 cm³/mol. The number of likely N-dealkylation sites (tertiary alicyclic amines) is 1. The molecule has 4 aliphatic rings. The van der Waals surface area contributed by atoms with Crippen LogP contribution >= 0.6 is 11.6 Å². The Kier molecular flexibility index (Phi) is 5.46. The number of benzene rings is 1. The minimum absolute atomic E-state index is 0.321. The molecule has 0 N–H and O–H groups in total. The van der Waals surface area contributed by atoms with Gasteiger partial charge in [-0.3, -0.25) is 4.90 Å². The summed E-state index contributed by atoms with van der Waals surface area (Å²) >= 11 is 6.81. The van der Waals surface area contributed by atoms with E-state index in [9.17, 15) is 0 Å². The number of anilines is 1. The molecule has 4 saturated heterocycles. The molecule has 1 unspecified atom stereocenters. The lowest BCUT2D eigenvalue weighted by Crippen LogP contribution is -2.41. The number of fused-ring (bicyclic) bond motifs is 3. The summed E-state index contributed by atoms with van der Waals surface area (Å²) in [6.45, 7) is 7.60. The smallest absolute Gasteiger partial charge is 0.159 e. The molecule has 6 heterocycles. The van der Waals surface area contributed by atoms with Crippen molar-refractivity contribution in [3.63, 3.8) is 0 Å². The van der Waals surface area contributed by atoms with Crippen LogP contribution in [0.1, 0.15) is 43.0 Å². The van der Waals surface area contributed by atoms with Crippen molar-refractivity contribution in [2.24, 2.45) is 0 Å². The van der Waals surface area contributed by atoms with Crippen LogP contribution in [0.25, 0.3) is 16.7 Å². The molecule has 0 radical (unpaired) electrons. The van der Waals surface area contributed by atoms with Gasteiger partial charge in [0.15, 0.2) is 5.82 Å². The molecule has 35 heavy (non-hydrogen) atoms. The summed E-state index contributed by atoms with van der Waals surface area (Å²) in [5.41, 5.74) is 2.27. The molecule has 0 saturated carbocycles. The van der Waals surface area contributed by atoms with E-state index < -0.39 is 0 Å². The van der Waals surface area contributed by atoms with E-state index in [1.807, 2.05) is 17.8 Å². The monoisotopic (exact) mass is 494 g/mol. The van der Waals surface area contributed by atoms with Gasteiger partial charge >= 0.3 is 0 Å². The van der Waals surface area contributed by atoms with E-state index in [2.05, 4.69) is 28.0 Å². The number of ether oxygens (including phenoxy) is 2. The first-order chi connectivity index (χ1) is 17.1. The van der Waals surface area contributed by atoms with Gasteiger partial charge in [-0.2, -0.15) is 5.10 Å². The SMILES string of the molecule is Cc1nc(N2C[C@@H]3C[C@H]2CO3)cc(-n2ncc3cc(Cl)c(C4CCN(C5CCOC5)CC4)cc32)n1. The zero-order valence-electron chi connectivity index (χ0n) is 20.1. The Morgan fingerprint density at radius 1 is 1.00 bits per heavy atom. The zero-order valence-corrected chi connectivity index (χ0v) is 20.8. The van der Waals surface area contributed by atoms with E-state index in [1.54, 1.807) is 0 Å². The lowest BCUT2D eigenvalue weighted by molar-refractivity contribution is 0.0988. The average Bonchev–Trinajstić information content (AvgIpc) is 3.68. The van der Waals surface area contributed by atoms with Gasteiger partial charge in [0, 0.05) is 35.7 Å². The fraction of sp³-hybridized carbons (Fsp3) is 0.577. The minimum Gasteiger partial charge on any atom is -0.380 e. The Morgan fingerprint density at radius 3 is 2.60 bits per heavy atom. The molecular weight excluding hydrogens is 464 g/mol. The fourth-order valence-electron chi connectivity index (χ4n) is 6.42. The molecule has 2 bridgehead atoms. The molecule has 0 spiro atoms.